The molecule has 4 aromatic carbocycles. The van der Waals surface area contributed by atoms with Crippen LogP contribution in [-0.2, 0) is 4.79 Å². The fraction of sp³-hybridized carbons (Fsp3) is 0.0741. The van der Waals surface area contributed by atoms with E-state index in [4.69, 9.17) is 14.6 Å². The molecule has 4 rings (SSSR count). The summed E-state index contributed by atoms with van der Waals surface area (Å²) in [4.78, 5) is 10.7. The summed E-state index contributed by atoms with van der Waals surface area (Å²) in [7, 11) is 1.62. The zero-order valence-electron chi connectivity index (χ0n) is 17.6. The van der Waals surface area contributed by atoms with Gasteiger partial charge in [0.25, 0.3) is 0 Å². The van der Waals surface area contributed by atoms with Crippen LogP contribution in [-0.4, -0.2) is 18.2 Å². The van der Waals surface area contributed by atoms with Gasteiger partial charge in [0.2, 0.25) is 0 Å². The molecule has 4 aromatic rings. The third-order valence-electron chi connectivity index (χ3n) is 5.15. The van der Waals surface area contributed by atoms with E-state index in [2.05, 4.69) is 6.07 Å². The molecule has 0 heterocycles. The summed E-state index contributed by atoms with van der Waals surface area (Å²) in [5.74, 6) is 0.693. The Morgan fingerprint density at radius 3 is 2.28 bits per heavy atom. The lowest BCUT2D eigenvalue weighted by Crippen LogP contribution is -1.94. The minimum absolute atomic E-state index is 0.301. The Morgan fingerprint density at radius 2 is 1.62 bits per heavy atom. The van der Waals surface area contributed by atoms with E-state index in [1.165, 1.54) is 18.2 Å². The summed E-state index contributed by atoms with van der Waals surface area (Å²) in [5.41, 5.74) is 3.45. The van der Waals surface area contributed by atoms with Gasteiger partial charge < -0.3 is 14.6 Å². The number of rotatable bonds is 6. The number of fused-ring (bicyclic) bond motifs is 1. The van der Waals surface area contributed by atoms with Crippen LogP contribution in [0.3, 0.4) is 0 Å². The number of hydrogen-bond donors (Lipinski definition) is 1. The highest BCUT2D eigenvalue weighted by Gasteiger charge is 2.16. The molecule has 0 aliphatic rings. The lowest BCUT2D eigenvalue weighted by Gasteiger charge is -2.18. The molecule has 4 nitrogen and oxygen atoms in total. The topological polar surface area (TPSA) is 55.8 Å². The van der Waals surface area contributed by atoms with Crippen LogP contribution < -0.4 is 9.47 Å². The van der Waals surface area contributed by atoms with Gasteiger partial charge in [-0.25, -0.2) is 9.18 Å². The molecule has 0 saturated carbocycles. The third-order valence-corrected chi connectivity index (χ3v) is 5.15. The number of ether oxygens (including phenoxy) is 2. The Kier molecular flexibility index (Phi) is 5.90. The van der Waals surface area contributed by atoms with Gasteiger partial charge in [-0.1, -0.05) is 30.3 Å². The summed E-state index contributed by atoms with van der Waals surface area (Å²) in [6, 6.07) is 21.3. The van der Waals surface area contributed by atoms with E-state index in [-0.39, 0.29) is 5.82 Å². The van der Waals surface area contributed by atoms with Crippen molar-refractivity contribution in [3.05, 3.63) is 95.8 Å². The molecule has 0 unspecified atom stereocenters. The number of carbonyl (C=O) groups is 1. The van der Waals surface area contributed by atoms with Crippen molar-refractivity contribution in [2.75, 3.05) is 7.11 Å². The average Bonchev–Trinajstić information content (AvgIpc) is 2.79. The fourth-order valence-electron chi connectivity index (χ4n) is 3.63. The van der Waals surface area contributed by atoms with Crippen LogP contribution in [0.15, 0.2) is 78.9 Å². The normalized spacial score (nSPS) is 11.1. The largest absolute Gasteiger partial charge is 0.497 e. The van der Waals surface area contributed by atoms with Gasteiger partial charge in [-0.05, 0) is 77.5 Å². The molecule has 0 aromatic heterocycles. The molecular weight excluding hydrogens is 407 g/mol. The van der Waals surface area contributed by atoms with E-state index in [9.17, 15) is 9.18 Å². The molecule has 1 N–H and O–H groups in total. The van der Waals surface area contributed by atoms with Crippen molar-refractivity contribution in [2.24, 2.45) is 0 Å². The lowest BCUT2D eigenvalue weighted by atomic mass is 9.94. The van der Waals surface area contributed by atoms with Gasteiger partial charge >= 0.3 is 5.97 Å². The number of methoxy groups -OCH3 is 1. The SMILES string of the molecule is COc1ccc2c(Oc3ccc(/C=C/C(=O)O)cc3)c(-c3ccc(F)cc3)c(C)cc2c1. The monoisotopic (exact) mass is 428 g/mol. The van der Waals surface area contributed by atoms with Crippen molar-refractivity contribution in [1.82, 2.24) is 0 Å². The summed E-state index contributed by atoms with van der Waals surface area (Å²) < 4.78 is 25.3. The van der Waals surface area contributed by atoms with E-state index in [1.54, 1.807) is 43.5 Å². The van der Waals surface area contributed by atoms with E-state index < -0.39 is 5.97 Å². The minimum Gasteiger partial charge on any atom is -0.497 e. The first kappa shape index (κ1) is 21.1. The number of halogens is 1. The molecule has 0 amide bonds. The van der Waals surface area contributed by atoms with Gasteiger partial charge in [0, 0.05) is 17.0 Å². The van der Waals surface area contributed by atoms with Crippen LogP contribution in [0.1, 0.15) is 11.1 Å². The van der Waals surface area contributed by atoms with Crippen LogP contribution in [0, 0.1) is 12.7 Å². The molecule has 5 heteroatoms. The molecule has 32 heavy (non-hydrogen) atoms. The standard InChI is InChI=1S/C27H21FO4/c1-17-15-20-16-23(31-2)12-13-24(20)27(26(17)19-6-8-21(28)9-7-19)32-22-10-3-18(4-11-22)5-14-25(29)30/h3-16H,1-2H3,(H,29,30)/b14-5+. The number of hydrogen-bond acceptors (Lipinski definition) is 3. The van der Waals surface area contributed by atoms with Crippen LogP contribution in [0.2, 0.25) is 0 Å². The first-order chi connectivity index (χ1) is 15.4. The second-order valence-electron chi connectivity index (χ2n) is 7.33. The van der Waals surface area contributed by atoms with Gasteiger partial charge in [0.05, 0.1) is 7.11 Å². The quantitative estimate of drug-likeness (QED) is 0.341. The summed E-state index contributed by atoms with van der Waals surface area (Å²) in [6.45, 7) is 1.99. The predicted molar refractivity (Wildman–Crippen MR) is 124 cm³/mol. The smallest absolute Gasteiger partial charge is 0.328 e. The Hall–Kier alpha value is -4.12. The van der Waals surface area contributed by atoms with E-state index >= 15 is 0 Å². The van der Waals surface area contributed by atoms with Gasteiger partial charge in [0.15, 0.2) is 0 Å². The van der Waals surface area contributed by atoms with Crippen LogP contribution >= 0.6 is 0 Å². The number of benzene rings is 4. The maximum atomic E-state index is 13.5. The number of carboxylic acid groups (broad SMARTS) is 1. The maximum Gasteiger partial charge on any atom is 0.328 e. The van der Waals surface area contributed by atoms with Gasteiger partial charge in [0.1, 0.15) is 23.1 Å². The van der Waals surface area contributed by atoms with Crippen molar-refractivity contribution in [2.45, 2.75) is 6.92 Å². The van der Waals surface area contributed by atoms with Crippen molar-refractivity contribution >= 4 is 22.8 Å². The van der Waals surface area contributed by atoms with E-state index in [0.29, 0.717) is 11.5 Å². The zero-order chi connectivity index (χ0) is 22.7. The Morgan fingerprint density at radius 1 is 0.938 bits per heavy atom. The molecule has 0 fully saturated rings. The molecule has 0 saturated heterocycles. The molecule has 0 atom stereocenters. The highest BCUT2D eigenvalue weighted by atomic mass is 19.1. The third kappa shape index (κ3) is 4.47. The lowest BCUT2D eigenvalue weighted by molar-refractivity contribution is -0.131. The van der Waals surface area contributed by atoms with Gasteiger partial charge in [-0.3, -0.25) is 0 Å². The summed E-state index contributed by atoms with van der Waals surface area (Å²) in [6.07, 6.45) is 2.61. The van der Waals surface area contributed by atoms with Crippen molar-refractivity contribution in [3.8, 4) is 28.4 Å². The van der Waals surface area contributed by atoms with Crippen LogP contribution in [0.5, 0.6) is 17.2 Å². The number of aryl methyl sites for hydroxylation is 1. The number of carboxylic acids is 1. The molecule has 0 spiro atoms. The summed E-state index contributed by atoms with van der Waals surface area (Å²) >= 11 is 0. The highest BCUT2D eigenvalue weighted by molar-refractivity contribution is 5.97. The predicted octanol–water partition coefficient (Wildman–Crippen LogP) is 6.85. The first-order valence-corrected chi connectivity index (χ1v) is 10.0. The molecule has 0 bridgehead atoms. The summed E-state index contributed by atoms with van der Waals surface area (Å²) in [5, 5.41) is 10.7. The second-order valence-corrected chi connectivity index (χ2v) is 7.33. The molecule has 160 valence electrons. The van der Waals surface area contributed by atoms with E-state index in [1.807, 2.05) is 25.1 Å². The number of aliphatic carboxylic acids is 1. The van der Waals surface area contributed by atoms with Gasteiger partial charge in [-0.2, -0.15) is 0 Å². The molecule has 0 radical (unpaired) electrons. The minimum atomic E-state index is -1.00. The Labute approximate surface area is 185 Å². The molecule has 0 aliphatic heterocycles. The zero-order valence-corrected chi connectivity index (χ0v) is 17.6. The van der Waals surface area contributed by atoms with Crippen LogP contribution in [0.4, 0.5) is 4.39 Å². The fourth-order valence-corrected chi connectivity index (χ4v) is 3.63. The maximum absolute atomic E-state index is 13.5. The molecule has 0 aliphatic carbocycles. The van der Waals surface area contributed by atoms with Crippen molar-refractivity contribution < 1.29 is 23.8 Å². The second kappa shape index (κ2) is 8.94. The van der Waals surface area contributed by atoms with Crippen molar-refractivity contribution in [3.63, 3.8) is 0 Å². The van der Waals surface area contributed by atoms with Crippen molar-refractivity contribution in [1.29, 1.82) is 0 Å². The average molecular weight is 428 g/mol. The van der Waals surface area contributed by atoms with Gasteiger partial charge in [-0.15, -0.1) is 0 Å². The van der Waals surface area contributed by atoms with E-state index in [0.717, 1.165) is 44.9 Å². The van der Waals surface area contributed by atoms with Crippen LogP contribution in [0.25, 0.3) is 28.0 Å². The molecular formula is C27H21FO4. The highest BCUT2D eigenvalue weighted by Crippen LogP contribution is 2.43. The Balaban J connectivity index is 1.84. The first-order valence-electron chi connectivity index (χ1n) is 10.0. The Bertz CT molecular complexity index is 1310.